The predicted molar refractivity (Wildman–Crippen MR) is 123 cm³/mol. The Morgan fingerprint density at radius 3 is 0.906 bits per heavy atom. The quantitative estimate of drug-likeness (QED) is 0.211. The Bertz CT molecular complexity index is 1120. The molecule has 0 unspecified atom stereocenters. The molecule has 0 aromatic heterocycles. The molecule has 0 spiro atoms. The smallest absolute Gasteiger partial charge is 0.343 e. The van der Waals surface area contributed by atoms with Gasteiger partial charge in [0.25, 0.3) is 0 Å². The maximum Gasteiger partial charge on any atom is 0.343 e. The van der Waals surface area contributed by atoms with E-state index in [0.29, 0.717) is 22.3 Å². The number of carbonyl (C=O) groups is 2. The van der Waals surface area contributed by atoms with Crippen LogP contribution >= 0.6 is 0 Å². The first-order valence-electron chi connectivity index (χ1n) is 10.1. The van der Waals surface area contributed by atoms with Crippen LogP contribution in [-0.4, -0.2) is 11.9 Å². The van der Waals surface area contributed by atoms with Crippen molar-refractivity contribution in [1.29, 1.82) is 0 Å². The first-order chi connectivity index (χ1) is 15.7. The molecule has 0 bridgehead atoms. The lowest BCUT2D eigenvalue weighted by Gasteiger charge is -2.16. The number of benzene rings is 4. The van der Waals surface area contributed by atoms with Crippen molar-refractivity contribution in [1.82, 2.24) is 0 Å². The summed E-state index contributed by atoms with van der Waals surface area (Å²) in [4.78, 5) is 25.8. The Morgan fingerprint density at radius 1 is 0.375 bits per heavy atom. The van der Waals surface area contributed by atoms with Gasteiger partial charge in [-0.1, -0.05) is 97.1 Å². The van der Waals surface area contributed by atoms with E-state index in [1.54, 1.807) is 72.8 Å². The zero-order valence-electron chi connectivity index (χ0n) is 17.2. The molecule has 0 amide bonds. The topological polar surface area (TPSA) is 52.6 Å². The number of hydrogen-bond acceptors (Lipinski definition) is 4. The van der Waals surface area contributed by atoms with Gasteiger partial charge in [0.2, 0.25) is 0 Å². The number of esters is 2. The lowest BCUT2D eigenvalue weighted by Crippen LogP contribution is -2.11. The van der Waals surface area contributed by atoms with E-state index in [1.165, 1.54) is 0 Å². The molecule has 4 nitrogen and oxygen atoms in total. The Hall–Kier alpha value is -4.44. The zero-order valence-corrected chi connectivity index (χ0v) is 17.2. The molecular weight excluding hydrogens is 400 g/mol. The minimum absolute atomic E-state index is 0.162. The molecule has 4 heteroatoms. The third-order valence-corrected chi connectivity index (χ3v) is 4.69. The average Bonchev–Trinajstić information content (AvgIpc) is 2.88. The van der Waals surface area contributed by atoms with Gasteiger partial charge in [0, 0.05) is 11.1 Å². The molecule has 0 atom stereocenters. The van der Waals surface area contributed by atoms with E-state index >= 15 is 0 Å². The molecule has 0 aliphatic carbocycles. The molecule has 0 saturated carbocycles. The van der Waals surface area contributed by atoms with Crippen LogP contribution in [0.3, 0.4) is 0 Å². The summed E-state index contributed by atoms with van der Waals surface area (Å²) in [6.07, 6.45) is 0. The molecule has 0 radical (unpaired) electrons. The summed E-state index contributed by atoms with van der Waals surface area (Å²) in [5.74, 6) is -0.771. The van der Waals surface area contributed by atoms with Gasteiger partial charge in [-0.3, -0.25) is 0 Å². The third-order valence-electron chi connectivity index (χ3n) is 4.69. The Kier molecular flexibility index (Phi) is 6.54. The van der Waals surface area contributed by atoms with E-state index in [-0.39, 0.29) is 11.5 Å². The van der Waals surface area contributed by atoms with Crippen LogP contribution in [-0.2, 0) is 9.47 Å². The Balaban J connectivity index is 1.83. The highest BCUT2D eigenvalue weighted by molar-refractivity contribution is 6.00. The number of carbonyl (C=O) groups excluding carboxylic acids is 2. The fourth-order valence-corrected chi connectivity index (χ4v) is 3.10. The average molecular weight is 420 g/mol. The van der Waals surface area contributed by atoms with Gasteiger partial charge in [-0.05, 0) is 24.3 Å². The molecule has 0 fully saturated rings. The van der Waals surface area contributed by atoms with E-state index in [1.807, 2.05) is 48.5 Å². The van der Waals surface area contributed by atoms with Crippen LogP contribution in [0.15, 0.2) is 121 Å². The highest BCUT2D eigenvalue weighted by Gasteiger charge is 2.22. The summed E-state index contributed by atoms with van der Waals surface area (Å²) in [6.45, 7) is 0. The summed E-state index contributed by atoms with van der Waals surface area (Å²) in [6, 6.07) is 35.6. The maximum absolute atomic E-state index is 12.9. The molecule has 4 aromatic carbocycles. The van der Waals surface area contributed by atoms with Crippen molar-refractivity contribution in [3.8, 4) is 0 Å². The standard InChI is InChI=1S/C28H20O4/c29-27(23-17-9-3-10-18-23)31-25(21-13-5-1-6-14-21)26(22-15-7-2-8-16-22)32-28(30)24-19-11-4-12-20-24/h1-20H. The Labute approximate surface area is 186 Å². The normalized spacial score (nSPS) is 11.2. The molecular formula is C28H20O4. The van der Waals surface area contributed by atoms with Crippen molar-refractivity contribution >= 4 is 23.5 Å². The summed E-state index contributed by atoms with van der Waals surface area (Å²) in [5.41, 5.74) is 2.00. The monoisotopic (exact) mass is 420 g/mol. The molecule has 4 rings (SSSR count). The summed E-state index contributed by atoms with van der Waals surface area (Å²) >= 11 is 0. The van der Waals surface area contributed by atoms with Crippen LogP contribution in [0.1, 0.15) is 31.8 Å². The molecule has 32 heavy (non-hydrogen) atoms. The first kappa shape index (κ1) is 20.8. The van der Waals surface area contributed by atoms with Crippen molar-refractivity contribution in [2.45, 2.75) is 0 Å². The third kappa shape index (κ3) is 4.99. The van der Waals surface area contributed by atoms with Crippen molar-refractivity contribution in [2.75, 3.05) is 0 Å². The summed E-state index contributed by atoms with van der Waals surface area (Å²) in [5, 5.41) is 0. The van der Waals surface area contributed by atoms with Gasteiger partial charge in [0.1, 0.15) is 0 Å². The lowest BCUT2D eigenvalue weighted by molar-refractivity contribution is 0.0647. The van der Waals surface area contributed by atoms with Gasteiger partial charge in [-0.25, -0.2) is 9.59 Å². The second kappa shape index (κ2) is 10.0. The molecule has 0 saturated heterocycles. The number of ether oxygens (including phenoxy) is 2. The highest BCUT2D eigenvalue weighted by atomic mass is 16.6. The fourth-order valence-electron chi connectivity index (χ4n) is 3.10. The summed E-state index contributed by atoms with van der Waals surface area (Å²) in [7, 11) is 0. The van der Waals surface area contributed by atoms with Crippen LogP contribution in [0.5, 0.6) is 0 Å². The summed E-state index contributed by atoms with van der Waals surface area (Å²) < 4.78 is 11.7. The molecule has 4 aromatic rings. The molecule has 0 aliphatic heterocycles. The van der Waals surface area contributed by atoms with Gasteiger partial charge in [-0.2, -0.15) is 0 Å². The largest absolute Gasteiger partial charge is 0.418 e. The van der Waals surface area contributed by atoms with E-state index in [0.717, 1.165) is 0 Å². The number of rotatable bonds is 6. The van der Waals surface area contributed by atoms with E-state index in [9.17, 15) is 9.59 Å². The molecule has 0 aliphatic rings. The minimum Gasteiger partial charge on any atom is -0.418 e. The lowest BCUT2D eigenvalue weighted by atomic mass is 10.1. The molecule has 0 heterocycles. The van der Waals surface area contributed by atoms with Crippen LogP contribution in [0.2, 0.25) is 0 Å². The zero-order chi connectivity index (χ0) is 22.2. The van der Waals surface area contributed by atoms with Crippen LogP contribution < -0.4 is 0 Å². The molecule has 156 valence electrons. The van der Waals surface area contributed by atoms with Crippen LogP contribution in [0, 0.1) is 0 Å². The Morgan fingerprint density at radius 2 is 0.625 bits per heavy atom. The van der Waals surface area contributed by atoms with E-state index in [2.05, 4.69) is 0 Å². The SMILES string of the molecule is O=C(OC(=C(OC(=O)c1ccccc1)c1ccccc1)c1ccccc1)c1ccccc1. The van der Waals surface area contributed by atoms with Gasteiger partial charge in [-0.15, -0.1) is 0 Å². The van der Waals surface area contributed by atoms with Gasteiger partial charge in [0.15, 0.2) is 11.5 Å². The predicted octanol–water partition coefficient (Wildman–Crippen LogP) is 6.23. The maximum atomic E-state index is 12.9. The van der Waals surface area contributed by atoms with Crippen molar-refractivity contribution in [2.24, 2.45) is 0 Å². The van der Waals surface area contributed by atoms with E-state index < -0.39 is 11.9 Å². The van der Waals surface area contributed by atoms with Crippen LogP contribution in [0.25, 0.3) is 11.5 Å². The van der Waals surface area contributed by atoms with Crippen molar-refractivity contribution < 1.29 is 19.1 Å². The highest BCUT2D eigenvalue weighted by Crippen LogP contribution is 2.30. The minimum atomic E-state index is -0.548. The molecule has 0 N–H and O–H groups in total. The van der Waals surface area contributed by atoms with Crippen molar-refractivity contribution in [3.05, 3.63) is 144 Å². The second-order valence-electron chi connectivity index (χ2n) is 6.90. The fraction of sp³-hybridized carbons (Fsp3) is 0. The van der Waals surface area contributed by atoms with Gasteiger partial charge >= 0.3 is 11.9 Å². The van der Waals surface area contributed by atoms with E-state index in [4.69, 9.17) is 9.47 Å². The number of hydrogen-bond donors (Lipinski definition) is 0. The second-order valence-corrected chi connectivity index (χ2v) is 6.90. The first-order valence-corrected chi connectivity index (χ1v) is 10.1. The van der Waals surface area contributed by atoms with Crippen molar-refractivity contribution in [3.63, 3.8) is 0 Å². The van der Waals surface area contributed by atoms with Gasteiger partial charge in [0.05, 0.1) is 11.1 Å². The van der Waals surface area contributed by atoms with Gasteiger partial charge < -0.3 is 9.47 Å². The van der Waals surface area contributed by atoms with Crippen LogP contribution in [0.4, 0.5) is 0 Å².